The van der Waals surface area contributed by atoms with Crippen molar-refractivity contribution < 1.29 is 9.53 Å². The van der Waals surface area contributed by atoms with E-state index in [-0.39, 0.29) is 18.6 Å². The second kappa shape index (κ2) is 6.21. The quantitative estimate of drug-likeness (QED) is 0.852. The van der Waals surface area contributed by atoms with Crippen LogP contribution < -0.4 is 5.32 Å². The van der Waals surface area contributed by atoms with Gasteiger partial charge in [0, 0.05) is 11.1 Å². The maximum Gasteiger partial charge on any atom is 0.320 e. The summed E-state index contributed by atoms with van der Waals surface area (Å²) in [6, 6.07) is 7.62. The molecule has 0 aliphatic carbocycles. The van der Waals surface area contributed by atoms with Crippen LogP contribution in [0.3, 0.4) is 0 Å². The largest absolute Gasteiger partial charge is 0.459 e. The maximum atomic E-state index is 11.6. The van der Waals surface area contributed by atoms with Crippen LogP contribution in [0.1, 0.15) is 39.3 Å². The number of hydrogen-bond donors (Lipinski definition) is 1. The van der Waals surface area contributed by atoms with E-state index >= 15 is 0 Å². The lowest BCUT2D eigenvalue weighted by molar-refractivity contribution is -0.153. The Morgan fingerprint density at radius 1 is 1.44 bits per heavy atom. The van der Waals surface area contributed by atoms with E-state index in [2.05, 4.69) is 5.32 Å². The molecule has 0 radical (unpaired) electrons. The number of rotatable bonds is 4. The topological polar surface area (TPSA) is 38.3 Å². The Kier molecular flexibility index (Phi) is 5.17. The summed E-state index contributed by atoms with van der Waals surface area (Å²) in [6.07, 6.45) is 0. The fourth-order valence-corrected chi connectivity index (χ4v) is 1.71. The highest BCUT2D eigenvalue weighted by Gasteiger charge is 2.16. The molecule has 1 N–H and O–H groups in total. The summed E-state index contributed by atoms with van der Waals surface area (Å²) in [4.78, 5) is 11.6. The van der Waals surface area contributed by atoms with E-state index < -0.39 is 5.60 Å². The Bertz CT molecular complexity index is 413. The highest BCUT2D eigenvalue weighted by atomic mass is 35.5. The van der Waals surface area contributed by atoms with Crippen LogP contribution >= 0.6 is 11.6 Å². The highest BCUT2D eigenvalue weighted by molar-refractivity contribution is 6.30. The average molecular weight is 270 g/mol. The monoisotopic (exact) mass is 269 g/mol. The molecule has 3 nitrogen and oxygen atoms in total. The molecule has 4 heteroatoms. The summed E-state index contributed by atoms with van der Waals surface area (Å²) in [6.45, 7) is 7.73. The van der Waals surface area contributed by atoms with Gasteiger partial charge in [-0.05, 0) is 45.4 Å². The summed E-state index contributed by atoms with van der Waals surface area (Å²) in [5, 5.41) is 3.81. The lowest BCUT2D eigenvalue weighted by Crippen LogP contribution is -2.32. The van der Waals surface area contributed by atoms with Gasteiger partial charge in [-0.15, -0.1) is 0 Å². The summed E-state index contributed by atoms with van der Waals surface area (Å²) < 4.78 is 5.22. The molecule has 0 aliphatic heterocycles. The van der Waals surface area contributed by atoms with E-state index in [1.165, 1.54) is 0 Å². The Morgan fingerprint density at radius 2 is 2.11 bits per heavy atom. The van der Waals surface area contributed by atoms with Gasteiger partial charge < -0.3 is 10.1 Å². The Balaban J connectivity index is 2.46. The third kappa shape index (κ3) is 5.52. The van der Waals surface area contributed by atoms with Crippen molar-refractivity contribution in [3.05, 3.63) is 34.9 Å². The molecule has 1 rings (SSSR count). The first kappa shape index (κ1) is 15.0. The van der Waals surface area contributed by atoms with Gasteiger partial charge in [-0.2, -0.15) is 0 Å². The molecule has 0 unspecified atom stereocenters. The minimum Gasteiger partial charge on any atom is -0.459 e. The molecule has 1 atom stereocenters. The summed E-state index contributed by atoms with van der Waals surface area (Å²) in [7, 11) is 0. The number of halogens is 1. The normalized spacial score (nSPS) is 13.2. The SMILES string of the molecule is C[C@@H](NCC(=O)OC(C)(C)C)c1cccc(Cl)c1. The smallest absolute Gasteiger partial charge is 0.320 e. The van der Waals surface area contributed by atoms with Crippen molar-refractivity contribution in [3.63, 3.8) is 0 Å². The molecule has 0 aliphatic rings. The van der Waals surface area contributed by atoms with Crippen LogP contribution in [0.15, 0.2) is 24.3 Å². The maximum absolute atomic E-state index is 11.6. The van der Waals surface area contributed by atoms with Gasteiger partial charge in [-0.25, -0.2) is 0 Å². The second-order valence-electron chi connectivity index (χ2n) is 5.24. The van der Waals surface area contributed by atoms with Gasteiger partial charge in [0.2, 0.25) is 0 Å². The minimum atomic E-state index is -0.446. The van der Waals surface area contributed by atoms with Crippen LogP contribution in [0.2, 0.25) is 5.02 Å². The number of esters is 1. The molecular weight excluding hydrogens is 250 g/mol. The number of hydrogen-bond acceptors (Lipinski definition) is 3. The van der Waals surface area contributed by atoms with Gasteiger partial charge >= 0.3 is 5.97 Å². The summed E-state index contributed by atoms with van der Waals surface area (Å²) in [5.41, 5.74) is 0.601. The molecule has 0 saturated heterocycles. The van der Waals surface area contributed by atoms with Crippen molar-refractivity contribution in [3.8, 4) is 0 Å². The first-order valence-corrected chi connectivity index (χ1v) is 6.36. The first-order valence-electron chi connectivity index (χ1n) is 5.98. The zero-order valence-corrected chi connectivity index (χ0v) is 12.0. The summed E-state index contributed by atoms with van der Waals surface area (Å²) >= 11 is 5.92. The van der Waals surface area contributed by atoms with Crippen molar-refractivity contribution in [1.82, 2.24) is 5.32 Å². The molecule has 0 saturated carbocycles. The van der Waals surface area contributed by atoms with Gasteiger partial charge in [0.25, 0.3) is 0 Å². The van der Waals surface area contributed by atoms with E-state index in [4.69, 9.17) is 16.3 Å². The Labute approximate surface area is 113 Å². The number of nitrogens with one attached hydrogen (secondary N) is 1. The van der Waals surface area contributed by atoms with Crippen LogP contribution in [0.5, 0.6) is 0 Å². The predicted octanol–water partition coefficient (Wildman–Crippen LogP) is 3.33. The molecule has 18 heavy (non-hydrogen) atoms. The van der Waals surface area contributed by atoms with Crippen molar-refractivity contribution in [2.75, 3.05) is 6.54 Å². The molecule has 0 amide bonds. The third-order valence-corrected chi connectivity index (χ3v) is 2.56. The fourth-order valence-electron chi connectivity index (χ4n) is 1.51. The predicted molar refractivity (Wildman–Crippen MR) is 73.7 cm³/mol. The van der Waals surface area contributed by atoms with Crippen LogP contribution in [-0.4, -0.2) is 18.1 Å². The Morgan fingerprint density at radius 3 is 2.67 bits per heavy atom. The van der Waals surface area contributed by atoms with E-state index in [1.54, 1.807) is 0 Å². The van der Waals surface area contributed by atoms with Crippen LogP contribution in [0.25, 0.3) is 0 Å². The van der Waals surface area contributed by atoms with Crippen molar-refractivity contribution >= 4 is 17.6 Å². The lowest BCUT2D eigenvalue weighted by atomic mass is 10.1. The molecule has 0 aromatic heterocycles. The van der Waals surface area contributed by atoms with E-state index in [0.29, 0.717) is 5.02 Å². The van der Waals surface area contributed by atoms with Crippen LogP contribution in [0, 0.1) is 0 Å². The van der Waals surface area contributed by atoms with Gasteiger partial charge in [0.15, 0.2) is 0 Å². The zero-order valence-electron chi connectivity index (χ0n) is 11.3. The van der Waals surface area contributed by atoms with Crippen molar-refractivity contribution in [2.24, 2.45) is 0 Å². The number of carbonyl (C=O) groups is 1. The first-order chi connectivity index (χ1) is 8.28. The molecule has 0 heterocycles. The van der Waals surface area contributed by atoms with E-state index in [9.17, 15) is 4.79 Å². The van der Waals surface area contributed by atoms with Crippen LogP contribution in [-0.2, 0) is 9.53 Å². The van der Waals surface area contributed by atoms with Gasteiger partial charge in [0.05, 0.1) is 6.54 Å². The second-order valence-corrected chi connectivity index (χ2v) is 5.68. The number of ether oxygens (including phenoxy) is 1. The third-order valence-electron chi connectivity index (χ3n) is 2.32. The standard InChI is InChI=1S/C14H20ClNO2/c1-10(11-6-5-7-12(15)8-11)16-9-13(17)18-14(2,3)4/h5-8,10,16H,9H2,1-4H3/t10-/m1/s1. The molecule has 100 valence electrons. The Hall–Kier alpha value is -1.06. The molecule has 0 bridgehead atoms. The number of carbonyl (C=O) groups excluding carboxylic acids is 1. The minimum absolute atomic E-state index is 0.0521. The van der Waals surface area contributed by atoms with Crippen LogP contribution in [0.4, 0.5) is 0 Å². The number of benzene rings is 1. The lowest BCUT2D eigenvalue weighted by Gasteiger charge is -2.21. The van der Waals surface area contributed by atoms with Gasteiger partial charge in [0.1, 0.15) is 5.60 Å². The molecule has 1 aromatic rings. The van der Waals surface area contributed by atoms with Gasteiger partial charge in [-0.3, -0.25) is 4.79 Å². The van der Waals surface area contributed by atoms with E-state index in [0.717, 1.165) is 5.56 Å². The molecular formula is C14H20ClNO2. The highest BCUT2D eigenvalue weighted by Crippen LogP contribution is 2.17. The molecule has 0 spiro atoms. The van der Waals surface area contributed by atoms with Gasteiger partial charge in [-0.1, -0.05) is 23.7 Å². The average Bonchev–Trinajstić information content (AvgIpc) is 2.23. The summed E-state index contributed by atoms with van der Waals surface area (Å²) in [5.74, 6) is -0.253. The van der Waals surface area contributed by atoms with Crippen molar-refractivity contribution in [1.29, 1.82) is 0 Å². The zero-order chi connectivity index (χ0) is 13.8. The van der Waals surface area contributed by atoms with E-state index in [1.807, 2.05) is 52.0 Å². The van der Waals surface area contributed by atoms with Crippen molar-refractivity contribution in [2.45, 2.75) is 39.3 Å². The molecule has 0 fully saturated rings. The molecule has 1 aromatic carbocycles. The fraction of sp³-hybridized carbons (Fsp3) is 0.500.